The number of carbonyl (C=O) groups is 1. The molecule has 1 aromatic heterocycles. The van der Waals surface area contributed by atoms with Crippen molar-refractivity contribution in [3.63, 3.8) is 0 Å². The highest BCUT2D eigenvalue weighted by molar-refractivity contribution is 5.84. The molecule has 1 saturated heterocycles. The van der Waals surface area contributed by atoms with Gasteiger partial charge in [0.25, 0.3) is 0 Å². The molecule has 2 heterocycles. The molecule has 0 saturated carbocycles. The predicted molar refractivity (Wildman–Crippen MR) is 92.5 cm³/mol. The van der Waals surface area contributed by atoms with E-state index in [-0.39, 0.29) is 17.6 Å². The number of hydrogen-bond donors (Lipinski definition) is 0. The average molecular weight is 345 g/mol. The molecule has 134 valence electrons. The Bertz CT molecular complexity index is 743. The first-order valence-electron chi connectivity index (χ1n) is 8.60. The van der Waals surface area contributed by atoms with Crippen LogP contribution in [-0.4, -0.2) is 40.3 Å². The number of aromatic nitrogens is 2. The van der Waals surface area contributed by atoms with Crippen molar-refractivity contribution in [2.24, 2.45) is 7.05 Å². The van der Waals surface area contributed by atoms with E-state index in [4.69, 9.17) is 4.74 Å². The number of hydrogen-bond acceptors (Lipinski definition) is 3. The summed E-state index contributed by atoms with van der Waals surface area (Å²) in [6, 6.07) is 6.21. The lowest BCUT2D eigenvalue weighted by molar-refractivity contribution is -0.151. The third-order valence-corrected chi connectivity index (χ3v) is 4.88. The van der Waals surface area contributed by atoms with Gasteiger partial charge in [0.2, 0.25) is 5.91 Å². The van der Waals surface area contributed by atoms with Crippen molar-refractivity contribution in [1.82, 2.24) is 14.7 Å². The molecule has 0 radical (unpaired) electrons. The second kappa shape index (κ2) is 6.96. The van der Waals surface area contributed by atoms with E-state index >= 15 is 0 Å². The highest BCUT2D eigenvalue weighted by Gasteiger charge is 2.38. The van der Waals surface area contributed by atoms with Crippen molar-refractivity contribution >= 4 is 5.91 Å². The summed E-state index contributed by atoms with van der Waals surface area (Å²) in [5.74, 6) is -0.494. The summed E-state index contributed by atoms with van der Waals surface area (Å²) in [5, 5.41) is 4.21. The van der Waals surface area contributed by atoms with Crippen molar-refractivity contribution in [3.8, 4) is 0 Å². The number of amides is 1. The summed E-state index contributed by atoms with van der Waals surface area (Å²) in [4.78, 5) is 14.9. The van der Waals surface area contributed by atoms with E-state index in [1.54, 1.807) is 23.0 Å². The fraction of sp³-hybridized carbons (Fsp3) is 0.474. The molecule has 0 unspecified atom stereocenters. The lowest BCUT2D eigenvalue weighted by Crippen LogP contribution is -2.51. The molecule has 2 atom stereocenters. The van der Waals surface area contributed by atoms with Gasteiger partial charge in [0.15, 0.2) is 0 Å². The van der Waals surface area contributed by atoms with Gasteiger partial charge >= 0.3 is 0 Å². The minimum Gasteiger partial charge on any atom is -0.367 e. The summed E-state index contributed by atoms with van der Waals surface area (Å²) in [7, 11) is 1.86. The molecule has 0 spiro atoms. The molecule has 1 aliphatic rings. The molecule has 1 aromatic carbocycles. The second-order valence-electron chi connectivity index (χ2n) is 6.75. The Labute approximate surface area is 147 Å². The van der Waals surface area contributed by atoms with Crippen LogP contribution in [0.3, 0.4) is 0 Å². The van der Waals surface area contributed by atoms with Gasteiger partial charge in [-0.2, -0.15) is 5.10 Å². The Morgan fingerprint density at radius 3 is 2.72 bits per heavy atom. The van der Waals surface area contributed by atoms with Gasteiger partial charge in [-0.25, -0.2) is 4.39 Å². The molecule has 2 aromatic rings. The Balaban J connectivity index is 1.80. The molecule has 0 N–H and O–H groups in total. The van der Waals surface area contributed by atoms with E-state index in [1.165, 1.54) is 12.1 Å². The molecule has 3 rings (SSSR count). The molecule has 1 fully saturated rings. The maximum atomic E-state index is 13.2. The molecular weight excluding hydrogens is 321 g/mol. The summed E-state index contributed by atoms with van der Waals surface area (Å²) < 4.78 is 20.9. The third-order valence-electron chi connectivity index (χ3n) is 4.88. The smallest absolute Gasteiger partial charge is 0.230 e. The molecule has 0 aliphatic carbocycles. The predicted octanol–water partition coefficient (Wildman–Crippen LogP) is 2.83. The number of halogens is 1. The first kappa shape index (κ1) is 17.6. The van der Waals surface area contributed by atoms with Gasteiger partial charge in [-0.3, -0.25) is 9.48 Å². The zero-order chi connectivity index (χ0) is 18.0. The standard InChI is InChI=1S/C19H24FN3O2/c1-4-17(14-5-7-16(20)8-6-14)18(24)23-9-10-25-19(2,13-23)15-11-21-22(3)12-15/h5-8,11-12,17H,4,9-10,13H2,1-3H3/t17-,19+/m1/s1. The number of nitrogens with zero attached hydrogens (tertiary/aromatic N) is 3. The van der Waals surface area contributed by atoms with Crippen LogP contribution in [0.4, 0.5) is 4.39 Å². The van der Waals surface area contributed by atoms with Crippen LogP contribution in [0.2, 0.25) is 0 Å². The van der Waals surface area contributed by atoms with Crippen LogP contribution in [0.5, 0.6) is 0 Å². The fourth-order valence-corrected chi connectivity index (χ4v) is 3.40. The van der Waals surface area contributed by atoms with E-state index < -0.39 is 5.60 Å². The Morgan fingerprint density at radius 2 is 2.12 bits per heavy atom. The Morgan fingerprint density at radius 1 is 1.40 bits per heavy atom. The topological polar surface area (TPSA) is 47.4 Å². The zero-order valence-electron chi connectivity index (χ0n) is 14.9. The first-order chi connectivity index (χ1) is 11.9. The number of rotatable bonds is 4. The van der Waals surface area contributed by atoms with Crippen molar-refractivity contribution in [3.05, 3.63) is 53.6 Å². The van der Waals surface area contributed by atoms with Gasteiger partial charge in [-0.15, -0.1) is 0 Å². The van der Waals surface area contributed by atoms with Crippen LogP contribution in [0.1, 0.15) is 37.3 Å². The SMILES string of the molecule is CC[C@@H](C(=O)N1CCO[C@](C)(c2cnn(C)c2)C1)c1ccc(F)cc1. The second-order valence-corrected chi connectivity index (χ2v) is 6.75. The molecule has 6 heteroatoms. The average Bonchev–Trinajstić information content (AvgIpc) is 3.04. The Kier molecular flexibility index (Phi) is 4.90. The number of ether oxygens (including phenoxy) is 1. The number of morpholine rings is 1. The molecular formula is C19H24FN3O2. The van der Waals surface area contributed by atoms with Gasteiger partial charge in [0, 0.05) is 25.4 Å². The molecule has 5 nitrogen and oxygen atoms in total. The first-order valence-corrected chi connectivity index (χ1v) is 8.60. The van der Waals surface area contributed by atoms with E-state index in [0.717, 1.165) is 11.1 Å². The van der Waals surface area contributed by atoms with Crippen molar-refractivity contribution in [2.75, 3.05) is 19.7 Å². The molecule has 1 aliphatic heterocycles. The maximum absolute atomic E-state index is 13.2. The van der Waals surface area contributed by atoms with Gasteiger partial charge in [-0.1, -0.05) is 19.1 Å². The normalized spacial score (nSPS) is 22.0. The molecule has 1 amide bonds. The lowest BCUT2D eigenvalue weighted by atomic mass is 9.92. The highest BCUT2D eigenvalue weighted by Crippen LogP contribution is 2.31. The summed E-state index contributed by atoms with van der Waals surface area (Å²) in [6.45, 7) is 5.49. The van der Waals surface area contributed by atoms with Crippen LogP contribution >= 0.6 is 0 Å². The quantitative estimate of drug-likeness (QED) is 0.856. The minimum absolute atomic E-state index is 0.0625. The molecule has 25 heavy (non-hydrogen) atoms. The van der Waals surface area contributed by atoms with E-state index in [0.29, 0.717) is 26.1 Å². The monoisotopic (exact) mass is 345 g/mol. The number of benzene rings is 1. The van der Waals surface area contributed by atoms with Crippen LogP contribution in [0.15, 0.2) is 36.7 Å². The minimum atomic E-state index is -0.566. The van der Waals surface area contributed by atoms with E-state index in [1.807, 2.05) is 32.0 Å². The summed E-state index contributed by atoms with van der Waals surface area (Å²) in [6.07, 6.45) is 4.38. The summed E-state index contributed by atoms with van der Waals surface area (Å²) >= 11 is 0. The summed E-state index contributed by atoms with van der Waals surface area (Å²) in [5.41, 5.74) is 1.24. The van der Waals surface area contributed by atoms with E-state index in [2.05, 4.69) is 5.10 Å². The number of aryl methyl sites for hydroxylation is 1. The Hall–Kier alpha value is -2.21. The van der Waals surface area contributed by atoms with Crippen molar-refractivity contribution in [2.45, 2.75) is 31.8 Å². The van der Waals surface area contributed by atoms with Gasteiger partial charge in [0.05, 0.1) is 25.3 Å². The number of carbonyl (C=O) groups excluding carboxylic acids is 1. The van der Waals surface area contributed by atoms with E-state index in [9.17, 15) is 9.18 Å². The zero-order valence-corrected chi connectivity index (χ0v) is 14.9. The fourth-order valence-electron chi connectivity index (χ4n) is 3.40. The van der Waals surface area contributed by atoms with Crippen LogP contribution in [0.25, 0.3) is 0 Å². The molecule has 0 bridgehead atoms. The largest absolute Gasteiger partial charge is 0.367 e. The van der Waals surface area contributed by atoms with Crippen LogP contribution < -0.4 is 0 Å². The third kappa shape index (κ3) is 3.58. The van der Waals surface area contributed by atoms with Gasteiger partial charge < -0.3 is 9.64 Å². The van der Waals surface area contributed by atoms with Crippen LogP contribution in [-0.2, 0) is 22.2 Å². The van der Waals surface area contributed by atoms with Gasteiger partial charge in [0.1, 0.15) is 11.4 Å². The highest BCUT2D eigenvalue weighted by atomic mass is 19.1. The van der Waals surface area contributed by atoms with Gasteiger partial charge in [-0.05, 0) is 31.0 Å². The van der Waals surface area contributed by atoms with Crippen LogP contribution in [0, 0.1) is 5.82 Å². The van der Waals surface area contributed by atoms with Crippen molar-refractivity contribution in [1.29, 1.82) is 0 Å². The maximum Gasteiger partial charge on any atom is 0.230 e. The van der Waals surface area contributed by atoms with Crippen molar-refractivity contribution < 1.29 is 13.9 Å². The lowest BCUT2D eigenvalue weighted by Gasteiger charge is -2.41.